The molecule has 0 saturated carbocycles. The van der Waals surface area contributed by atoms with Crippen LogP contribution in [0.3, 0.4) is 0 Å². The highest BCUT2D eigenvalue weighted by molar-refractivity contribution is 5.89. The average molecular weight is 284 g/mol. The molecule has 0 fully saturated rings. The molecule has 0 rings (SSSR count). The maximum Gasteiger partial charge on any atom is 0.345 e. The van der Waals surface area contributed by atoms with Gasteiger partial charge < -0.3 is 35.4 Å². The Balaban J connectivity index is 0. The van der Waals surface area contributed by atoms with E-state index in [1.54, 1.807) is 0 Å². The summed E-state index contributed by atoms with van der Waals surface area (Å²) in [6, 6.07) is 0. The van der Waals surface area contributed by atoms with Crippen molar-refractivity contribution in [3.05, 3.63) is 0 Å². The van der Waals surface area contributed by atoms with Crippen LogP contribution < -0.4 is 0 Å². The summed E-state index contributed by atoms with van der Waals surface area (Å²) < 4.78 is 3.86. The Hall–Kier alpha value is -1.10. The summed E-state index contributed by atoms with van der Waals surface area (Å²) in [5.74, 6) is -2.75. The molecule has 2 unspecified atom stereocenters. The molecule has 0 aromatic rings. The predicted octanol–water partition coefficient (Wildman–Crippen LogP) is -3.49. The summed E-state index contributed by atoms with van der Waals surface area (Å²) >= 11 is 0. The molecule has 0 aromatic carbocycles. The molecule has 19 heavy (non-hydrogen) atoms. The fourth-order valence-electron chi connectivity index (χ4n) is 0.608. The van der Waals surface area contributed by atoms with Crippen LogP contribution in [-0.4, -0.2) is 81.2 Å². The normalized spacial score (nSPS) is 12.9. The highest BCUT2D eigenvalue weighted by Gasteiger charge is 2.23. The average Bonchev–Trinajstić information content (AvgIpc) is 2.43. The van der Waals surface area contributed by atoms with Gasteiger partial charge in [-0.1, -0.05) is 0 Å². The first-order valence-electron chi connectivity index (χ1n) is 5.49. The van der Waals surface area contributed by atoms with E-state index < -0.39 is 37.4 Å². The first kappa shape index (κ1) is 20.2. The lowest BCUT2D eigenvalue weighted by molar-refractivity contribution is -0.173. The second-order valence-corrected chi connectivity index (χ2v) is 3.29. The Kier molecular flexibility index (Phi) is 14.2. The third-order valence-electron chi connectivity index (χ3n) is 1.66. The molecule has 0 aliphatic rings. The van der Waals surface area contributed by atoms with E-state index in [1.807, 2.05) is 0 Å². The molecule has 0 radical (unpaired) electrons. The Morgan fingerprint density at radius 3 is 1.32 bits per heavy atom. The van der Waals surface area contributed by atoms with E-state index in [0.29, 0.717) is 0 Å². The third kappa shape index (κ3) is 11.7. The zero-order valence-corrected chi connectivity index (χ0v) is 10.3. The van der Waals surface area contributed by atoms with Gasteiger partial charge in [-0.25, -0.2) is 9.59 Å². The monoisotopic (exact) mass is 284 g/mol. The Morgan fingerprint density at radius 1 is 0.789 bits per heavy atom. The number of esters is 2. The van der Waals surface area contributed by atoms with Crippen LogP contribution in [-0.2, 0) is 14.3 Å². The highest BCUT2D eigenvalue weighted by atomic mass is 16.6. The molecule has 0 aromatic heterocycles. The summed E-state index contributed by atoms with van der Waals surface area (Å²) in [5, 5.41) is 49.9. The third-order valence-corrected chi connectivity index (χ3v) is 1.66. The molecule has 9 heteroatoms. The van der Waals surface area contributed by atoms with Gasteiger partial charge in [0.05, 0.1) is 13.2 Å². The maximum absolute atomic E-state index is 10.6. The Morgan fingerprint density at radius 2 is 1.11 bits per heavy atom. The van der Waals surface area contributed by atoms with Crippen LogP contribution in [0.15, 0.2) is 0 Å². The molecule has 0 aliphatic heterocycles. The number of hydrogen-bond acceptors (Lipinski definition) is 9. The van der Waals surface area contributed by atoms with Crippen LogP contribution in [0.5, 0.6) is 0 Å². The van der Waals surface area contributed by atoms with Gasteiger partial charge in [-0.05, 0) is 12.8 Å². The number of carbonyl (C=O) groups is 2. The zero-order valence-electron chi connectivity index (χ0n) is 10.3. The summed E-state index contributed by atoms with van der Waals surface area (Å²) in [4.78, 5) is 21.1. The fourth-order valence-corrected chi connectivity index (χ4v) is 0.608. The standard InChI is InChI=1S/C6H10O7.C4H10O2/c7-1-3(9)5(11)13-6(12)4(10)2-8;5-3-1-2-4-6/h3-4,7-10H,1-2H2;5-6H,1-4H2. The second kappa shape index (κ2) is 13.3. The van der Waals surface area contributed by atoms with E-state index in [9.17, 15) is 9.59 Å². The largest absolute Gasteiger partial charge is 0.396 e. The number of aliphatic hydroxyl groups excluding tert-OH is 6. The van der Waals surface area contributed by atoms with Crippen LogP contribution in [0.1, 0.15) is 12.8 Å². The summed E-state index contributed by atoms with van der Waals surface area (Å²) in [7, 11) is 0. The number of unbranched alkanes of at least 4 members (excludes halogenated alkanes) is 1. The first-order chi connectivity index (χ1) is 8.94. The molecule has 0 aliphatic carbocycles. The van der Waals surface area contributed by atoms with Crippen LogP contribution in [0, 0.1) is 0 Å². The molecular weight excluding hydrogens is 264 g/mol. The smallest absolute Gasteiger partial charge is 0.345 e. The van der Waals surface area contributed by atoms with E-state index in [2.05, 4.69) is 4.74 Å². The van der Waals surface area contributed by atoms with Gasteiger partial charge in [-0.3, -0.25) is 0 Å². The van der Waals surface area contributed by atoms with Gasteiger partial charge in [0.1, 0.15) is 0 Å². The van der Waals surface area contributed by atoms with Crippen LogP contribution >= 0.6 is 0 Å². The van der Waals surface area contributed by atoms with Gasteiger partial charge in [0.2, 0.25) is 0 Å². The van der Waals surface area contributed by atoms with Crippen LogP contribution in [0.25, 0.3) is 0 Å². The number of rotatable bonds is 7. The van der Waals surface area contributed by atoms with Crippen LogP contribution in [0.2, 0.25) is 0 Å². The summed E-state index contributed by atoms with van der Waals surface area (Å²) in [6.45, 7) is -1.39. The second-order valence-electron chi connectivity index (χ2n) is 3.29. The van der Waals surface area contributed by atoms with Crippen molar-refractivity contribution in [3.63, 3.8) is 0 Å². The molecule has 0 heterocycles. The van der Waals surface area contributed by atoms with E-state index in [1.165, 1.54) is 0 Å². The minimum Gasteiger partial charge on any atom is -0.396 e. The Labute approximate surface area is 109 Å². The molecule has 9 nitrogen and oxygen atoms in total. The van der Waals surface area contributed by atoms with Crippen molar-refractivity contribution < 1.29 is 45.0 Å². The van der Waals surface area contributed by atoms with E-state index in [4.69, 9.17) is 30.6 Å². The van der Waals surface area contributed by atoms with Crippen molar-refractivity contribution in [2.45, 2.75) is 25.0 Å². The van der Waals surface area contributed by atoms with Crippen molar-refractivity contribution in [2.75, 3.05) is 26.4 Å². The molecular formula is C10H20O9. The van der Waals surface area contributed by atoms with Crippen molar-refractivity contribution >= 4 is 11.9 Å². The van der Waals surface area contributed by atoms with Crippen LogP contribution in [0.4, 0.5) is 0 Å². The van der Waals surface area contributed by atoms with Crippen molar-refractivity contribution in [1.29, 1.82) is 0 Å². The maximum atomic E-state index is 10.6. The highest BCUT2D eigenvalue weighted by Crippen LogP contribution is 1.92. The molecule has 2 atom stereocenters. The first-order valence-corrected chi connectivity index (χ1v) is 5.49. The van der Waals surface area contributed by atoms with Gasteiger partial charge in [-0.15, -0.1) is 0 Å². The van der Waals surface area contributed by atoms with Gasteiger partial charge >= 0.3 is 11.9 Å². The zero-order chi connectivity index (χ0) is 15.3. The van der Waals surface area contributed by atoms with Gasteiger partial charge in [0, 0.05) is 13.2 Å². The quantitative estimate of drug-likeness (QED) is 0.158. The SMILES string of the molecule is O=C(OC(=O)C(O)CO)C(O)CO.OCCCCO. The molecule has 0 amide bonds. The summed E-state index contributed by atoms with van der Waals surface area (Å²) in [5.41, 5.74) is 0. The lowest BCUT2D eigenvalue weighted by Gasteiger charge is -2.08. The van der Waals surface area contributed by atoms with E-state index in [0.717, 1.165) is 12.8 Å². The summed E-state index contributed by atoms with van der Waals surface area (Å²) in [6.07, 6.45) is -2.21. The molecule has 0 saturated heterocycles. The van der Waals surface area contributed by atoms with Gasteiger partial charge in [-0.2, -0.15) is 0 Å². The van der Waals surface area contributed by atoms with Crippen molar-refractivity contribution in [2.24, 2.45) is 0 Å². The minimum atomic E-state index is -1.82. The number of ether oxygens (including phenoxy) is 1. The van der Waals surface area contributed by atoms with Crippen molar-refractivity contribution in [3.8, 4) is 0 Å². The number of hydrogen-bond donors (Lipinski definition) is 6. The minimum absolute atomic E-state index is 0.195. The van der Waals surface area contributed by atoms with E-state index in [-0.39, 0.29) is 13.2 Å². The fraction of sp³-hybridized carbons (Fsp3) is 0.800. The Bertz CT molecular complexity index is 219. The topological polar surface area (TPSA) is 165 Å². The van der Waals surface area contributed by atoms with Crippen molar-refractivity contribution in [1.82, 2.24) is 0 Å². The number of aliphatic hydroxyl groups is 6. The molecule has 6 N–H and O–H groups in total. The van der Waals surface area contributed by atoms with Gasteiger partial charge in [0.25, 0.3) is 0 Å². The predicted molar refractivity (Wildman–Crippen MR) is 60.7 cm³/mol. The lowest BCUT2D eigenvalue weighted by atomic mass is 10.3. The lowest BCUT2D eigenvalue weighted by Crippen LogP contribution is -2.34. The van der Waals surface area contributed by atoms with E-state index >= 15 is 0 Å². The molecule has 114 valence electrons. The molecule has 0 spiro atoms. The molecule has 0 bridgehead atoms. The number of carbonyl (C=O) groups excluding carboxylic acids is 2. The van der Waals surface area contributed by atoms with Gasteiger partial charge in [0.15, 0.2) is 12.2 Å².